The topological polar surface area (TPSA) is 20.3 Å². The lowest BCUT2D eigenvalue weighted by Gasteiger charge is -2.32. The highest BCUT2D eigenvalue weighted by Crippen LogP contribution is 2.28. The second-order valence-corrected chi connectivity index (χ2v) is 4.86. The second kappa shape index (κ2) is 7.53. The number of hydrogen-bond donors (Lipinski definition) is 0. The van der Waals surface area contributed by atoms with E-state index in [4.69, 9.17) is 11.6 Å². The molecule has 0 saturated carbocycles. The minimum atomic E-state index is -4.46. The SMILES string of the molecule is CC(=O)N(CCc1ccccc1)C(CCCl)C(F)(F)F. The molecule has 0 spiro atoms. The predicted molar refractivity (Wildman–Crippen MR) is 72.7 cm³/mol. The van der Waals surface area contributed by atoms with Crippen molar-refractivity contribution in [2.24, 2.45) is 0 Å². The lowest BCUT2D eigenvalue weighted by atomic mass is 10.1. The van der Waals surface area contributed by atoms with Gasteiger partial charge in [-0.05, 0) is 18.4 Å². The van der Waals surface area contributed by atoms with Gasteiger partial charge in [-0.3, -0.25) is 4.79 Å². The van der Waals surface area contributed by atoms with Gasteiger partial charge in [0.2, 0.25) is 5.91 Å². The molecule has 112 valence electrons. The fourth-order valence-electron chi connectivity index (χ4n) is 2.03. The molecule has 0 aliphatic rings. The molecular weight excluding hydrogens is 291 g/mol. The van der Waals surface area contributed by atoms with Gasteiger partial charge in [-0.1, -0.05) is 30.3 Å². The van der Waals surface area contributed by atoms with Crippen molar-refractivity contribution in [3.05, 3.63) is 35.9 Å². The zero-order chi connectivity index (χ0) is 15.2. The van der Waals surface area contributed by atoms with E-state index in [2.05, 4.69) is 0 Å². The molecule has 1 aromatic carbocycles. The number of benzene rings is 1. The zero-order valence-electron chi connectivity index (χ0n) is 11.2. The third kappa shape index (κ3) is 5.04. The monoisotopic (exact) mass is 307 g/mol. The molecule has 0 fully saturated rings. The van der Waals surface area contributed by atoms with Crippen molar-refractivity contribution in [3.63, 3.8) is 0 Å². The third-order valence-corrected chi connectivity index (χ3v) is 3.24. The molecule has 2 nitrogen and oxygen atoms in total. The summed E-state index contributed by atoms with van der Waals surface area (Å²) in [5.74, 6) is -0.729. The van der Waals surface area contributed by atoms with Crippen LogP contribution in [-0.2, 0) is 11.2 Å². The van der Waals surface area contributed by atoms with Crippen LogP contribution < -0.4 is 0 Å². The quantitative estimate of drug-likeness (QED) is 0.735. The maximum Gasteiger partial charge on any atom is 0.408 e. The number of amides is 1. The minimum absolute atomic E-state index is 0.0282. The highest BCUT2D eigenvalue weighted by molar-refractivity contribution is 6.17. The van der Waals surface area contributed by atoms with Crippen LogP contribution in [0.25, 0.3) is 0 Å². The minimum Gasteiger partial charge on any atom is -0.330 e. The van der Waals surface area contributed by atoms with Crippen LogP contribution in [0, 0.1) is 0 Å². The zero-order valence-corrected chi connectivity index (χ0v) is 11.9. The van der Waals surface area contributed by atoms with Crippen LogP contribution in [0.3, 0.4) is 0 Å². The lowest BCUT2D eigenvalue weighted by molar-refractivity contribution is -0.189. The number of hydrogen-bond acceptors (Lipinski definition) is 1. The number of nitrogens with zero attached hydrogens (tertiary/aromatic N) is 1. The number of carbonyl (C=O) groups is 1. The van der Waals surface area contributed by atoms with Crippen LogP contribution in [0.1, 0.15) is 18.9 Å². The molecule has 0 heterocycles. The molecule has 0 bridgehead atoms. The van der Waals surface area contributed by atoms with Crippen molar-refractivity contribution in [1.82, 2.24) is 4.90 Å². The van der Waals surface area contributed by atoms with E-state index in [0.717, 1.165) is 17.4 Å². The first-order valence-corrected chi connectivity index (χ1v) is 6.83. The Morgan fingerprint density at radius 2 is 1.90 bits per heavy atom. The van der Waals surface area contributed by atoms with Crippen LogP contribution in [0.5, 0.6) is 0 Å². The third-order valence-electron chi connectivity index (χ3n) is 3.03. The maximum absolute atomic E-state index is 13.0. The average molecular weight is 308 g/mol. The van der Waals surface area contributed by atoms with Crippen LogP contribution in [-0.4, -0.2) is 35.4 Å². The highest BCUT2D eigenvalue weighted by Gasteiger charge is 2.43. The van der Waals surface area contributed by atoms with Gasteiger partial charge in [0.25, 0.3) is 0 Å². The normalized spacial score (nSPS) is 13.1. The van der Waals surface area contributed by atoms with Crippen molar-refractivity contribution in [2.45, 2.75) is 32.0 Å². The van der Waals surface area contributed by atoms with E-state index in [1.54, 1.807) is 0 Å². The smallest absolute Gasteiger partial charge is 0.330 e. The van der Waals surface area contributed by atoms with E-state index < -0.39 is 18.1 Å². The summed E-state index contributed by atoms with van der Waals surface area (Å²) in [6.07, 6.45) is -4.37. The molecule has 1 aromatic rings. The standard InChI is InChI=1S/C14H17ClF3NO/c1-11(20)19(13(7-9-15)14(16,17)18)10-8-12-5-3-2-4-6-12/h2-6,13H,7-10H2,1H3. The van der Waals surface area contributed by atoms with Gasteiger partial charge < -0.3 is 4.90 Å². The van der Waals surface area contributed by atoms with Crippen molar-refractivity contribution in [1.29, 1.82) is 0 Å². The number of alkyl halides is 4. The Balaban J connectivity index is 2.79. The largest absolute Gasteiger partial charge is 0.408 e. The Kier molecular flexibility index (Phi) is 6.33. The summed E-state index contributed by atoms with van der Waals surface area (Å²) in [6, 6.07) is 7.28. The molecule has 0 aliphatic carbocycles. The summed E-state index contributed by atoms with van der Waals surface area (Å²) >= 11 is 5.43. The van der Waals surface area contributed by atoms with Gasteiger partial charge in [0.05, 0.1) is 0 Å². The molecule has 1 unspecified atom stereocenters. The summed E-state index contributed by atoms with van der Waals surface area (Å²) < 4.78 is 39.0. The first-order valence-electron chi connectivity index (χ1n) is 6.30. The van der Waals surface area contributed by atoms with Crippen LogP contribution in [0.4, 0.5) is 13.2 Å². The summed E-state index contributed by atoms with van der Waals surface area (Å²) in [5.41, 5.74) is 0.894. The molecule has 1 atom stereocenters. The van der Waals surface area contributed by atoms with Crippen molar-refractivity contribution < 1.29 is 18.0 Å². The first kappa shape index (κ1) is 16.8. The van der Waals surface area contributed by atoms with Gasteiger partial charge in [-0.2, -0.15) is 13.2 Å². The van der Waals surface area contributed by atoms with E-state index in [0.29, 0.717) is 6.42 Å². The van der Waals surface area contributed by atoms with Gasteiger partial charge >= 0.3 is 6.18 Å². The summed E-state index contributed by atoms with van der Waals surface area (Å²) in [4.78, 5) is 12.4. The molecule has 1 amide bonds. The van der Waals surface area contributed by atoms with Gasteiger partial charge in [0.1, 0.15) is 6.04 Å². The maximum atomic E-state index is 13.0. The van der Waals surface area contributed by atoms with Gasteiger partial charge in [-0.25, -0.2) is 0 Å². The first-order chi connectivity index (χ1) is 9.36. The number of halogens is 4. The van der Waals surface area contributed by atoms with Crippen molar-refractivity contribution in [2.75, 3.05) is 12.4 Å². The van der Waals surface area contributed by atoms with Crippen LogP contribution >= 0.6 is 11.6 Å². The Hall–Kier alpha value is -1.23. The highest BCUT2D eigenvalue weighted by atomic mass is 35.5. The van der Waals surface area contributed by atoms with Crippen molar-refractivity contribution >= 4 is 17.5 Å². The molecule has 0 aromatic heterocycles. The number of rotatable bonds is 6. The van der Waals surface area contributed by atoms with Gasteiger partial charge in [-0.15, -0.1) is 11.6 Å². The lowest BCUT2D eigenvalue weighted by Crippen LogP contribution is -2.49. The summed E-state index contributed by atoms with van der Waals surface area (Å²) in [5, 5.41) is 0. The van der Waals surface area contributed by atoms with Crippen LogP contribution in [0.2, 0.25) is 0 Å². The molecule has 0 saturated heterocycles. The molecule has 20 heavy (non-hydrogen) atoms. The Morgan fingerprint density at radius 1 is 1.30 bits per heavy atom. The van der Waals surface area contributed by atoms with E-state index >= 15 is 0 Å². The van der Waals surface area contributed by atoms with E-state index in [1.165, 1.54) is 0 Å². The second-order valence-electron chi connectivity index (χ2n) is 4.48. The molecule has 0 radical (unpaired) electrons. The predicted octanol–water partition coefficient (Wildman–Crippen LogP) is 3.64. The van der Waals surface area contributed by atoms with Gasteiger partial charge in [0.15, 0.2) is 0 Å². The Labute approximate surface area is 121 Å². The summed E-state index contributed by atoms with van der Waals surface area (Å²) in [6.45, 7) is 1.18. The summed E-state index contributed by atoms with van der Waals surface area (Å²) in [7, 11) is 0. The average Bonchev–Trinajstić information content (AvgIpc) is 2.37. The fourth-order valence-corrected chi connectivity index (χ4v) is 2.23. The van der Waals surface area contributed by atoms with E-state index in [-0.39, 0.29) is 18.8 Å². The molecule has 0 N–H and O–H groups in total. The Morgan fingerprint density at radius 3 is 2.35 bits per heavy atom. The molecular formula is C14H17ClF3NO. The van der Waals surface area contributed by atoms with Gasteiger partial charge in [0, 0.05) is 19.3 Å². The van der Waals surface area contributed by atoms with E-state index in [9.17, 15) is 18.0 Å². The Bertz CT molecular complexity index is 422. The molecule has 6 heteroatoms. The molecule has 0 aliphatic heterocycles. The van der Waals surface area contributed by atoms with Crippen LogP contribution in [0.15, 0.2) is 30.3 Å². The van der Waals surface area contributed by atoms with Crippen molar-refractivity contribution in [3.8, 4) is 0 Å². The number of carbonyl (C=O) groups excluding carboxylic acids is 1. The fraction of sp³-hybridized carbons (Fsp3) is 0.500. The molecule has 1 rings (SSSR count). The van der Waals surface area contributed by atoms with E-state index in [1.807, 2.05) is 30.3 Å².